The Kier molecular flexibility index (Phi) is 16.3. The number of rotatable bonds is 11. The van der Waals surface area contributed by atoms with Gasteiger partial charge in [0.05, 0.1) is 93.1 Å². The molecule has 3 N–H and O–H groups in total. The predicted octanol–water partition coefficient (Wildman–Crippen LogP) is 10.1. The number of aliphatic hydroxyl groups is 1. The molecule has 0 aromatic carbocycles. The number of ether oxygens (including phenoxy) is 3. The van der Waals surface area contributed by atoms with E-state index in [1.54, 1.807) is 66.2 Å². The highest BCUT2D eigenvalue weighted by atomic mass is 35.5. The number of hydrogen-bond donors (Lipinski definition) is 3. The lowest BCUT2D eigenvalue weighted by Gasteiger charge is -2.61. The number of imidazole rings is 4. The van der Waals surface area contributed by atoms with Crippen LogP contribution >= 0.6 is 23.2 Å². The van der Waals surface area contributed by atoms with E-state index in [2.05, 4.69) is 60.7 Å². The molecule has 0 aliphatic heterocycles. The van der Waals surface area contributed by atoms with Crippen molar-refractivity contribution in [3.63, 3.8) is 0 Å². The number of nitrogens with zero attached hydrogens (tertiary/aromatic N) is 22. The van der Waals surface area contributed by atoms with Gasteiger partial charge in [0.25, 0.3) is 0 Å². The summed E-state index contributed by atoms with van der Waals surface area (Å²) >= 11 is 12.0. The first-order chi connectivity index (χ1) is 55.1. The van der Waals surface area contributed by atoms with Crippen molar-refractivity contribution in [2.24, 2.45) is 75.5 Å². The Labute approximate surface area is 669 Å². The first-order valence-corrected chi connectivity index (χ1v) is 41.5. The molecule has 16 aliphatic rings. The van der Waals surface area contributed by atoms with Crippen LogP contribution in [0.15, 0.2) is 81.1 Å². The molecule has 8 atom stereocenters. The van der Waals surface area contributed by atoms with Gasteiger partial charge in [-0.15, -0.1) is 0 Å². The summed E-state index contributed by atoms with van der Waals surface area (Å²) in [6.45, 7) is 4.02. The van der Waals surface area contributed by atoms with E-state index < -0.39 is 5.60 Å². The summed E-state index contributed by atoms with van der Waals surface area (Å²) in [6.07, 6.45) is 38.3. The number of aromatic nitrogens is 22. The number of halogens is 2. The fraction of sp³-hybridized carbons (Fsp3) is 0.605. The topological polar surface area (TPSA) is 343 Å². The highest BCUT2D eigenvalue weighted by Gasteiger charge is 2.64. The van der Waals surface area contributed by atoms with Crippen LogP contribution in [0, 0.1) is 61.2 Å². The minimum atomic E-state index is -0.623. The number of nitrogens with one attached hydrogen (secondary N) is 2. The molecule has 28 rings (SSSR count). The van der Waals surface area contributed by atoms with Crippen molar-refractivity contribution in [2.45, 2.75) is 213 Å². The molecule has 602 valence electrons. The lowest BCUT2D eigenvalue weighted by molar-refractivity contribution is -0.173. The van der Waals surface area contributed by atoms with Gasteiger partial charge in [-0.3, -0.25) is 36.5 Å². The van der Waals surface area contributed by atoms with Crippen molar-refractivity contribution in [1.29, 1.82) is 0 Å². The Balaban J connectivity index is 0.0000000975. The zero-order valence-corrected chi connectivity index (χ0v) is 67.8. The number of methoxy groups -OCH3 is 3. The van der Waals surface area contributed by atoms with Crippen LogP contribution in [0.25, 0.3) is 55.9 Å². The predicted molar refractivity (Wildman–Crippen MR) is 428 cm³/mol. The zero-order valence-electron chi connectivity index (χ0n) is 66.3. The van der Waals surface area contributed by atoms with E-state index in [9.17, 15) is 24.3 Å². The normalized spacial score (nSPS) is 33.3. The van der Waals surface area contributed by atoms with Crippen molar-refractivity contribution >= 4 is 102 Å². The van der Waals surface area contributed by atoms with Gasteiger partial charge in [-0.05, 0) is 242 Å². The monoisotopic (exact) mass is 1600 g/mol. The van der Waals surface area contributed by atoms with Crippen LogP contribution < -0.4 is 33.4 Å². The maximum absolute atomic E-state index is 13.6. The zero-order chi connectivity index (χ0) is 79.2. The summed E-state index contributed by atoms with van der Waals surface area (Å²) in [5, 5.41) is 26.4. The van der Waals surface area contributed by atoms with Crippen LogP contribution in [0.1, 0.15) is 165 Å². The molecule has 12 aromatic heterocycles. The van der Waals surface area contributed by atoms with Crippen LogP contribution in [-0.2, 0) is 64.6 Å². The molecule has 16 saturated carbocycles. The van der Waals surface area contributed by atoms with E-state index in [1.165, 1.54) is 38.3 Å². The van der Waals surface area contributed by atoms with Crippen molar-refractivity contribution in [3.8, 4) is 0 Å². The van der Waals surface area contributed by atoms with E-state index in [0.717, 1.165) is 172 Å². The second kappa shape index (κ2) is 25.6. The summed E-state index contributed by atoms with van der Waals surface area (Å²) in [6, 6.07) is 3.93. The van der Waals surface area contributed by atoms with Gasteiger partial charge in [0.15, 0.2) is 33.9 Å². The molecule has 16 bridgehead atoms. The summed E-state index contributed by atoms with van der Waals surface area (Å²) in [4.78, 5) is 97.5. The smallest absolute Gasteiger partial charge is 0.330 e. The fourth-order valence-electron chi connectivity index (χ4n) is 27.0. The van der Waals surface area contributed by atoms with E-state index >= 15 is 0 Å². The van der Waals surface area contributed by atoms with Gasteiger partial charge in [-0.2, -0.15) is 30.1 Å². The van der Waals surface area contributed by atoms with Gasteiger partial charge < -0.3 is 30.0 Å². The first kappa shape index (κ1) is 73.3. The lowest BCUT2D eigenvalue weighted by Crippen LogP contribution is -2.62. The fourth-order valence-corrected chi connectivity index (χ4v) is 27.2. The van der Waals surface area contributed by atoms with Gasteiger partial charge in [-0.25, -0.2) is 58.1 Å². The van der Waals surface area contributed by atoms with Crippen molar-refractivity contribution in [1.82, 2.24) is 106 Å². The maximum atomic E-state index is 13.6. The van der Waals surface area contributed by atoms with Gasteiger partial charge in [-0.1, -0.05) is 0 Å². The third-order valence-corrected chi connectivity index (χ3v) is 30.4. The highest BCUT2D eigenvalue weighted by Crippen LogP contribution is 2.66. The summed E-state index contributed by atoms with van der Waals surface area (Å²) in [5.41, 5.74) is 8.75. The molecule has 0 radical (unpaired) electrons. The number of aryl methyl sites for hydroxylation is 6. The van der Waals surface area contributed by atoms with Gasteiger partial charge >= 0.3 is 22.8 Å². The molecule has 34 heteroatoms. The minimum absolute atomic E-state index is 0.0186. The van der Waals surface area contributed by atoms with E-state index in [0.29, 0.717) is 93.8 Å². The van der Waals surface area contributed by atoms with Crippen LogP contribution in [-0.4, -0.2) is 154 Å². The van der Waals surface area contributed by atoms with Gasteiger partial charge in [0.1, 0.15) is 34.7 Å². The molecule has 16 fully saturated rings. The number of pyridine rings is 2. The standard InChI is InChI=1S/2C24H28N8O2.C17H21ClN4O2.C16H19ClN4O2/c2*1-14-4-19-26-13-27-31(19)11-17(14)28-21-25-10-18-20(29-21)32(22(33)30(18)2)23-6-15-5-16(7-23)9-24(8-15,12-23)34-3;1-21-12-8-19-14(18)20-13(12)22(15(21)23)16-4-10-3-11(5-16)7-17(6-10,9-16)24-2;1-20-11-7-18-13(17)19-12(11)21(14(20)22)15-3-9-2-10(4-15)6-16(23,5-9)8-15/h2*4,10-11,13,15-16H,5-9,12H2,1-3H3,(H,25,28,29);8,10-11H,3-7,9H2,1-2H3;7,9-10,23H,2-6,8H2,1H3. The lowest BCUT2D eigenvalue weighted by atomic mass is 9.51. The molecular formula is C81H96Cl2N24O8. The molecule has 8 unspecified atom stereocenters. The average molecular weight is 1600 g/mol. The SMILES string of the molecule is COC12CC3CC(C1)CC(n1c(=O)n(C)c4cnc(Cl)nc41)(C3)C2.COC12CC3CC(C1)CC(n1c(=O)n(C)c4cnc(Nc5cn6ncnc6cc5C)nc41)(C3)C2.COC12CC3CC(C1)CC(n1c(=O)n(C)c4cnc(Nc5cn6ncnc6cc5C)nc41)(C3)C2.Cn1c(=O)n(C23CC4CC(CC(O)(C4)C2)C3)c2nc(Cl)ncc21. The Morgan fingerprint density at radius 3 is 0.991 bits per heavy atom. The van der Waals surface area contributed by atoms with Crippen LogP contribution in [0.3, 0.4) is 0 Å². The van der Waals surface area contributed by atoms with Gasteiger partial charge in [0.2, 0.25) is 22.5 Å². The van der Waals surface area contributed by atoms with Crippen molar-refractivity contribution in [3.05, 3.63) is 126 Å². The van der Waals surface area contributed by atoms with Crippen LogP contribution in [0.4, 0.5) is 23.3 Å². The second-order valence-corrected chi connectivity index (χ2v) is 38.1. The van der Waals surface area contributed by atoms with Crippen LogP contribution in [0.5, 0.6) is 0 Å². The molecule has 0 amide bonds. The van der Waals surface area contributed by atoms with Gasteiger partial charge in [0, 0.05) is 68.8 Å². The Bertz CT molecular complexity index is 6010. The largest absolute Gasteiger partial charge is 0.390 e. The van der Waals surface area contributed by atoms with Crippen LogP contribution in [0.2, 0.25) is 10.6 Å². The third kappa shape index (κ3) is 11.4. The summed E-state index contributed by atoms with van der Waals surface area (Å²) < 4.78 is 36.0. The minimum Gasteiger partial charge on any atom is -0.390 e. The Morgan fingerprint density at radius 2 is 0.687 bits per heavy atom. The number of anilines is 4. The molecule has 0 spiro atoms. The summed E-state index contributed by atoms with van der Waals surface area (Å²) in [5.74, 6) is 5.57. The molecule has 12 aromatic rings. The Morgan fingerprint density at radius 1 is 0.400 bits per heavy atom. The second-order valence-electron chi connectivity index (χ2n) is 37.5. The molecule has 16 aliphatic carbocycles. The summed E-state index contributed by atoms with van der Waals surface area (Å²) in [7, 11) is 12.7. The molecule has 0 saturated heterocycles. The quantitative estimate of drug-likeness (QED) is 0.101. The molecule has 32 nitrogen and oxygen atoms in total. The molecular weight excluding hydrogens is 1510 g/mol. The molecule has 12 heterocycles. The molecule has 115 heavy (non-hydrogen) atoms. The van der Waals surface area contributed by atoms with E-state index in [-0.39, 0.29) is 72.3 Å². The van der Waals surface area contributed by atoms with Crippen molar-refractivity contribution < 1.29 is 19.3 Å². The van der Waals surface area contributed by atoms with E-state index in [4.69, 9.17) is 47.4 Å². The Hall–Kier alpha value is -9.34. The number of hydrogen-bond acceptors (Lipinski definition) is 22. The third-order valence-electron chi connectivity index (χ3n) is 30.0. The maximum Gasteiger partial charge on any atom is 0.330 e. The van der Waals surface area contributed by atoms with E-state index in [1.807, 2.05) is 92.1 Å². The highest BCUT2D eigenvalue weighted by molar-refractivity contribution is 6.28. The first-order valence-electron chi connectivity index (χ1n) is 40.7. The number of fused-ring (bicyclic) bond motifs is 6. The average Bonchev–Trinajstić information content (AvgIpc) is 1.69. The van der Waals surface area contributed by atoms with Crippen molar-refractivity contribution in [2.75, 3.05) is 32.0 Å².